The number of nitrogens with zero attached hydrogens (tertiary/aromatic N) is 6. The summed E-state index contributed by atoms with van der Waals surface area (Å²) < 4.78 is 2.06. The van der Waals surface area contributed by atoms with Crippen molar-refractivity contribution in [2.75, 3.05) is 14.1 Å². The van der Waals surface area contributed by atoms with Crippen molar-refractivity contribution in [3.63, 3.8) is 0 Å². The Hall–Kier alpha value is -3.68. The predicted molar refractivity (Wildman–Crippen MR) is 153 cm³/mol. The molecule has 37 heavy (non-hydrogen) atoms. The van der Waals surface area contributed by atoms with Crippen molar-refractivity contribution in [1.82, 2.24) is 29.4 Å². The monoisotopic (exact) mass is 531 g/mol. The first-order valence-electron chi connectivity index (χ1n) is 12.0. The Bertz CT molecular complexity index is 1560. The van der Waals surface area contributed by atoms with E-state index in [1.54, 1.807) is 18.5 Å². The molecule has 0 amide bonds. The number of imidazole rings is 2. The molecule has 1 N–H and O–H groups in total. The van der Waals surface area contributed by atoms with E-state index in [9.17, 15) is 0 Å². The number of aromatic nitrogens is 5. The van der Waals surface area contributed by atoms with E-state index >= 15 is 0 Å². The molecule has 0 aliphatic rings. The van der Waals surface area contributed by atoms with Crippen LogP contribution in [0, 0.1) is 5.92 Å². The van der Waals surface area contributed by atoms with E-state index in [1.165, 1.54) is 0 Å². The third kappa shape index (κ3) is 5.10. The molecule has 0 spiro atoms. The molecular formula is C28H27Cl2N7. The Labute approximate surface area is 225 Å². The van der Waals surface area contributed by atoms with Crippen LogP contribution in [0.5, 0.6) is 0 Å². The van der Waals surface area contributed by atoms with E-state index < -0.39 is 0 Å². The molecule has 5 rings (SSSR count). The summed E-state index contributed by atoms with van der Waals surface area (Å²) in [6, 6.07) is 19.3. The van der Waals surface area contributed by atoms with E-state index in [0.717, 1.165) is 40.4 Å². The molecule has 0 saturated carbocycles. The summed E-state index contributed by atoms with van der Waals surface area (Å²) in [5, 5.41) is 1.04. The number of rotatable bonds is 7. The van der Waals surface area contributed by atoms with Crippen molar-refractivity contribution in [2.45, 2.75) is 20.4 Å². The Balaban J connectivity index is 1.72. The predicted octanol–water partition coefficient (Wildman–Crippen LogP) is 7.34. The van der Waals surface area contributed by atoms with Gasteiger partial charge in [0.15, 0.2) is 5.65 Å². The molecule has 5 aromatic rings. The molecule has 9 heteroatoms. The average molecular weight is 532 g/mol. The molecule has 188 valence electrons. The van der Waals surface area contributed by atoms with Gasteiger partial charge < -0.3 is 9.88 Å². The van der Waals surface area contributed by atoms with Crippen LogP contribution in [0.2, 0.25) is 10.0 Å². The Morgan fingerprint density at radius 2 is 1.68 bits per heavy atom. The summed E-state index contributed by atoms with van der Waals surface area (Å²) in [7, 11) is 3.86. The minimum Gasteiger partial charge on any atom is -0.369 e. The van der Waals surface area contributed by atoms with Gasteiger partial charge in [-0.15, -0.1) is 0 Å². The molecule has 0 aliphatic carbocycles. The Morgan fingerprint density at radius 3 is 2.35 bits per heavy atom. The zero-order valence-corrected chi connectivity index (χ0v) is 22.6. The van der Waals surface area contributed by atoms with Gasteiger partial charge in [0.2, 0.25) is 5.95 Å². The van der Waals surface area contributed by atoms with Gasteiger partial charge in [0.05, 0.1) is 39.0 Å². The van der Waals surface area contributed by atoms with Crippen LogP contribution in [-0.2, 0) is 6.54 Å². The topological polar surface area (TPSA) is 75.0 Å². The highest BCUT2D eigenvalue weighted by Crippen LogP contribution is 2.38. The van der Waals surface area contributed by atoms with Crippen molar-refractivity contribution >= 4 is 46.7 Å². The minimum atomic E-state index is 0.386. The maximum Gasteiger partial charge on any atom is 0.233 e. The highest BCUT2D eigenvalue weighted by Gasteiger charge is 2.21. The molecule has 2 aromatic carbocycles. The summed E-state index contributed by atoms with van der Waals surface area (Å²) in [6.45, 7) is 5.07. The van der Waals surface area contributed by atoms with Crippen LogP contribution in [0.4, 0.5) is 5.95 Å². The van der Waals surface area contributed by atoms with Gasteiger partial charge >= 0.3 is 0 Å². The quantitative estimate of drug-likeness (QED) is 0.176. The second-order valence-corrected chi connectivity index (χ2v) is 10.2. The molecular weight excluding hydrogens is 505 g/mol. The van der Waals surface area contributed by atoms with Gasteiger partial charge in [0.25, 0.3) is 0 Å². The maximum absolute atomic E-state index is 6.53. The lowest BCUT2D eigenvalue weighted by Gasteiger charge is -2.10. The molecule has 3 heterocycles. The molecule has 0 fully saturated rings. The molecule has 0 bridgehead atoms. The minimum absolute atomic E-state index is 0.386. The van der Waals surface area contributed by atoms with E-state index in [2.05, 4.69) is 28.4 Å². The molecule has 7 nitrogen and oxygen atoms in total. The number of hydrogen-bond acceptors (Lipinski definition) is 4. The smallest absolute Gasteiger partial charge is 0.233 e. The van der Waals surface area contributed by atoms with Gasteiger partial charge in [-0.25, -0.2) is 19.9 Å². The number of halogens is 2. The highest BCUT2D eigenvalue weighted by molar-refractivity contribution is 6.39. The Morgan fingerprint density at radius 1 is 0.946 bits per heavy atom. The van der Waals surface area contributed by atoms with Crippen molar-refractivity contribution < 1.29 is 0 Å². The molecule has 0 atom stereocenters. The van der Waals surface area contributed by atoms with Crippen molar-refractivity contribution in [1.29, 1.82) is 0 Å². The zero-order valence-electron chi connectivity index (χ0n) is 21.1. The molecule has 0 aliphatic heterocycles. The normalized spacial score (nSPS) is 11.8. The molecule has 0 saturated heterocycles. The third-order valence-electron chi connectivity index (χ3n) is 5.73. The van der Waals surface area contributed by atoms with E-state index in [4.69, 9.17) is 38.2 Å². The average Bonchev–Trinajstić information content (AvgIpc) is 3.44. The SMILES string of the molecule is CC(C)Cn1c(/N=C\N(C)C)nc2ccc(-c3[nH]c(-c4c(Cl)cccc4Cl)nc3-c3ccccc3)nc21. The fourth-order valence-corrected chi connectivity index (χ4v) is 4.71. The number of H-pyrrole nitrogens is 1. The van der Waals surface area contributed by atoms with Crippen LogP contribution >= 0.6 is 23.2 Å². The van der Waals surface area contributed by atoms with Gasteiger partial charge in [-0.1, -0.05) is 73.4 Å². The number of benzene rings is 2. The largest absolute Gasteiger partial charge is 0.369 e. The highest BCUT2D eigenvalue weighted by atomic mass is 35.5. The van der Waals surface area contributed by atoms with Gasteiger partial charge in [0, 0.05) is 26.2 Å². The number of pyridine rings is 1. The van der Waals surface area contributed by atoms with Crippen LogP contribution in [0.25, 0.3) is 45.2 Å². The summed E-state index contributed by atoms with van der Waals surface area (Å²) in [5.41, 5.74) is 5.43. The first-order valence-corrected chi connectivity index (χ1v) is 12.8. The second kappa shape index (κ2) is 10.4. The molecule has 0 radical (unpaired) electrons. The van der Waals surface area contributed by atoms with Gasteiger partial charge in [-0.2, -0.15) is 0 Å². The lowest BCUT2D eigenvalue weighted by Crippen LogP contribution is -2.09. The van der Waals surface area contributed by atoms with E-state index in [1.807, 2.05) is 67.5 Å². The summed E-state index contributed by atoms with van der Waals surface area (Å²) in [4.78, 5) is 24.7. The first kappa shape index (κ1) is 25.0. The summed E-state index contributed by atoms with van der Waals surface area (Å²) in [5.74, 6) is 1.59. The molecule has 3 aromatic heterocycles. The first-order chi connectivity index (χ1) is 17.8. The number of fused-ring (bicyclic) bond motifs is 1. The molecule has 0 unspecified atom stereocenters. The summed E-state index contributed by atoms with van der Waals surface area (Å²) >= 11 is 13.1. The van der Waals surface area contributed by atoms with Crippen molar-refractivity contribution in [3.05, 3.63) is 70.7 Å². The Kier molecular flexibility index (Phi) is 7.00. The van der Waals surface area contributed by atoms with Gasteiger partial charge in [-0.3, -0.25) is 4.57 Å². The van der Waals surface area contributed by atoms with E-state index in [0.29, 0.717) is 33.3 Å². The lowest BCUT2D eigenvalue weighted by molar-refractivity contribution is 0.532. The standard InChI is InChI=1S/C28H27Cl2N7/c1-17(2)15-37-27-22(33-28(37)31-16-36(3)4)14-13-21(32-27)25-24(18-9-6-5-7-10-18)34-26(35-25)23-19(29)11-8-12-20(23)30/h5-14,16-17H,15H2,1-4H3,(H,34,35)/b31-16-. The fourth-order valence-electron chi connectivity index (χ4n) is 4.13. The van der Waals surface area contributed by atoms with Gasteiger partial charge in [-0.05, 0) is 30.2 Å². The van der Waals surface area contributed by atoms with Crippen LogP contribution in [-0.4, -0.2) is 49.8 Å². The van der Waals surface area contributed by atoms with E-state index in [-0.39, 0.29) is 0 Å². The number of hydrogen-bond donors (Lipinski definition) is 1. The van der Waals surface area contributed by atoms with Crippen molar-refractivity contribution in [3.8, 4) is 34.0 Å². The van der Waals surface area contributed by atoms with Crippen molar-refractivity contribution in [2.24, 2.45) is 10.9 Å². The number of aromatic amines is 1. The van der Waals surface area contributed by atoms with Crippen LogP contribution < -0.4 is 0 Å². The fraction of sp³-hybridized carbons (Fsp3) is 0.214. The van der Waals surface area contributed by atoms with Crippen LogP contribution in [0.15, 0.2) is 65.7 Å². The van der Waals surface area contributed by atoms with Crippen LogP contribution in [0.3, 0.4) is 0 Å². The second-order valence-electron chi connectivity index (χ2n) is 9.44. The zero-order chi connectivity index (χ0) is 26.1. The van der Waals surface area contributed by atoms with Gasteiger partial charge in [0.1, 0.15) is 11.3 Å². The lowest BCUT2D eigenvalue weighted by atomic mass is 10.1. The maximum atomic E-state index is 6.53. The number of nitrogens with one attached hydrogen (secondary N) is 1. The third-order valence-corrected chi connectivity index (χ3v) is 6.36. The summed E-state index contributed by atoms with van der Waals surface area (Å²) in [6.07, 6.45) is 1.75. The number of aliphatic imine (C=N–C) groups is 1. The van der Waals surface area contributed by atoms with Crippen LogP contribution in [0.1, 0.15) is 13.8 Å².